The van der Waals surface area contributed by atoms with Gasteiger partial charge in [-0.05, 0) is 36.8 Å². The summed E-state index contributed by atoms with van der Waals surface area (Å²) in [7, 11) is 1.53. The van der Waals surface area contributed by atoms with Crippen molar-refractivity contribution in [3.63, 3.8) is 0 Å². The van der Waals surface area contributed by atoms with Crippen LogP contribution in [0.5, 0.6) is 0 Å². The predicted octanol–water partition coefficient (Wildman–Crippen LogP) is 2.16. The molecule has 1 aliphatic heterocycles. The molecule has 5 heteroatoms. The highest BCUT2D eigenvalue weighted by molar-refractivity contribution is 6.34. The van der Waals surface area contributed by atoms with Crippen LogP contribution < -0.4 is 10.2 Å². The monoisotopic (exact) mass is 294 g/mol. The molecule has 0 aromatic heterocycles. The second-order valence-corrected chi connectivity index (χ2v) is 5.07. The standard InChI is InChI=1S/C17H14N2O3/c1-10-7-8-11(15(20)18-2)9-14(10)19-16(21)12-5-3-4-6-13(12)17(19)22/h3-9H,1-2H3,(H,18,20). The van der Waals surface area contributed by atoms with Gasteiger partial charge in [-0.3, -0.25) is 14.4 Å². The Morgan fingerprint density at radius 1 is 1.00 bits per heavy atom. The first-order chi connectivity index (χ1) is 10.5. The summed E-state index contributed by atoms with van der Waals surface area (Å²) in [6.45, 7) is 1.80. The molecule has 0 unspecified atom stereocenters. The van der Waals surface area contributed by atoms with Crippen LogP contribution in [-0.2, 0) is 0 Å². The summed E-state index contributed by atoms with van der Waals surface area (Å²) >= 11 is 0. The fourth-order valence-corrected chi connectivity index (χ4v) is 2.54. The maximum absolute atomic E-state index is 12.5. The first-order valence-electron chi connectivity index (χ1n) is 6.85. The Morgan fingerprint density at radius 2 is 1.59 bits per heavy atom. The van der Waals surface area contributed by atoms with Gasteiger partial charge in [-0.1, -0.05) is 18.2 Å². The summed E-state index contributed by atoms with van der Waals surface area (Å²) in [5, 5.41) is 2.53. The zero-order chi connectivity index (χ0) is 15.9. The zero-order valence-corrected chi connectivity index (χ0v) is 12.2. The maximum atomic E-state index is 12.5. The molecular formula is C17H14N2O3. The Kier molecular flexibility index (Phi) is 3.25. The third-order valence-electron chi connectivity index (χ3n) is 3.73. The largest absolute Gasteiger partial charge is 0.355 e. The highest BCUT2D eigenvalue weighted by Gasteiger charge is 2.37. The van der Waals surface area contributed by atoms with Crippen LogP contribution in [0, 0.1) is 6.92 Å². The van der Waals surface area contributed by atoms with Gasteiger partial charge in [-0.15, -0.1) is 0 Å². The molecule has 0 aliphatic carbocycles. The molecule has 0 saturated carbocycles. The minimum absolute atomic E-state index is 0.266. The van der Waals surface area contributed by atoms with Gasteiger partial charge in [0.05, 0.1) is 16.8 Å². The van der Waals surface area contributed by atoms with Crippen LogP contribution in [0.15, 0.2) is 42.5 Å². The Morgan fingerprint density at radius 3 is 2.14 bits per heavy atom. The van der Waals surface area contributed by atoms with E-state index in [9.17, 15) is 14.4 Å². The van der Waals surface area contributed by atoms with Gasteiger partial charge in [0.2, 0.25) is 0 Å². The molecule has 0 radical (unpaired) electrons. The molecule has 1 heterocycles. The van der Waals surface area contributed by atoms with E-state index in [0.29, 0.717) is 22.4 Å². The number of carbonyl (C=O) groups excluding carboxylic acids is 3. The number of amides is 3. The number of hydrogen-bond acceptors (Lipinski definition) is 3. The molecule has 2 aromatic carbocycles. The molecule has 0 saturated heterocycles. The Balaban J connectivity index is 2.11. The smallest absolute Gasteiger partial charge is 0.266 e. The number of benzene rings is 2. The van der Waals surface area contributed by atoms with Gasteiger partial charge in [-0.25, -0.2) is 4.90 Å². The van der Waals surface area contributed by atoms with Crippen molar-refractivity contribution in [2.24, 2.45) is 0 Å². The molecule has 22 heavy (non-hydrogen) atoms. The van der Waals surface area contributed by atoms with Crippen LogP contribution in [0.4, 0.5) is 5.69 Å². The summed E-state index contributed by atoms with van der Waals surface area (Å²) in [4.78, 5) is 37.9. The number of hydrogen-bond donors (Lipinski definition) is 1. The minimum Gasteiger partial charge on any atom is -0.355 e. The predicted molar refractivity (Wildman–Crippen MR) is 82.2 cm³/mol. The van der Waals surface area contributed by atoms with E-state index in [-0.39, 0.29) is 17.7 Å². The van der Waals surface area contributed by atoms with Crippen LogP contribution in [0.2, 0.25) is 0 Å². The molecule has 0 atom stereocenters. The van der Waals surface area contributed by atoms with Crippen LogP contribution in [-0.4, -0.2) is 24.8 Å². The van der Waals surface area contributed by atoms with Gasteiger partial charge in [0.1, 0.15) is 0 Å². The number of nitrogens with zero attached hydrogens (tertiary/aromatic N) is 1. The molecule has 110 valence electrons. The molecule has 0 spiro atoms. The third kappa shape index (κ3) is 1.98. The van der Waals surface area contributed by atoms with E-state index >= 15 is 0 Å². The number of anilines is 1. The van der Waals surface area contributed by atoms with Gasteiger partial charge < -0.3 is 5.32 Å². The lowest BCUT2D eigenvalue weighted by atomic mass is 10.1. The minimum atomic E-state index is -0.363. The Bertz CT molecular complexity index is 776. The van der Waals surface area contributed by atoms with E-state index in [1.807, 2.05) is 0 Å². The molecule has 2 aromatic rings. The van der Waals surface area contributed by atoms with Crippen molar-refractivity contribution >= 4 is 23.4 Å². The Labute approximate surface area is 127 Å². The Hall–Kier alpha value is -2.95. The average Bonchev–Trinajstić information content (AvgIpc) is 2.79. The molecule has 0 fully saturated rings. The lowest BCUT2D eigenvalue weighted by Crippen LogP contribution is -2.30. The van der Waals surface area contributed by atoms with Gasteiger partial charge >= 0.3 is 0 Å². The van der Waals surface area contributed by atoms with E-state index in [4.69, 9.17) is 0 Å². The summed E-state index contributed by atoms with van der Waals surface area (Å²) in [6, 6.07) is 11.7. The van der Waals surface area contributed by atoms with Crippen molar-refractivity contribution in [3.05, 3.63) is 64.7 Å². The number of imide groups is 1. The molecular weight excluding hydrogens is 280 g/mol. The number of nitrogens with one attached hydrogen (secondary N) is 1. The fourth-order valence-electron chi connectivity index (χ4n) is 2.54. The van der Waals surface area contributed by atoms with Gasteiger partial charge in [0.15, 0.2) is 0 Å². The average molecular weight is 294 g/mol. The van der Waals surface area contributed by atoms with Crippen molar-refractivity contribution < 1.29 is 14.4 Å². The lowest BCUT2D eigenvalue weighted by molar-refractivity contribution is 0.0920. The summed E-state index contributed by atoms with van der Waals surface area (Å²) in [5.41, 5.74) is 2.36. The van der Waals surface area contributed by atoms with E-state index in [1.165, 1.54) is 7.05 Å². The van der Waals surface area contributed by atoms with Gasteiger partial charge in [0.25, 0.3) is 17.7 Å². The topological polar surface area (TPSA) is 66.5 Å². The summed E-state index contributed by atoms with van der Waals surface area (Å²) < 4.78 is 0. The summed E-state index contributed by atoms with van der Waals surface area (Å²) in [5.74, 6) is -0.992. The van der Waals surface area contributed by atoms with Crippen LogP contribution in [0.25, 0.3) is 0 Å². The van der Waals surface area contributed by atoms with Gasteiger partial charge in [-0.2, -0.15) is 0 Å². The second-order valence-electron chi connectivity index (χ2n) is 5.07. The number of fused-ring (bicyclic) bond motifs is 1. The number of carbonyl (C=O) groups is 3. The van der Waals surface area contributed by atoms with Crippen molar-refractivity contribution in [3.8, 4) is 0 Å². The SMILES string of the molecule is CNC(=O)c1ccc(C)c(N2C(=O)c3ccccc3C2=O)c1. The molecule has 3 amide bonds. The first kappa shape index (κ1) is 14.0. The fraction of sp³-hybridized carbons (Fsp3) is 0.118. The van der Waals surface area contributed by atoms with Crippen molar-refractivity contribution in [1.29, 1.82) is 0 Å². The van der Waals surface area contributed by atoms with Crippen LogP contribution in [0.3, 0.4) is 0 Å². The quantitative estimate of drug-likeness (QED) is 0.863. The number of aryl methyl sites for hydroxylation is 1. The maximum Gasteiger partial charge on any atom is 0.266 e. The van der Waals surface area contributed by atoms with E-state index in [1.54, 1.807) is 49.4 Å². The third-order valence-corrected chi connectivity index (χ3v) is 3.73. The molecule has 5 nitrogen and oxygen atoms in total. The second kappa shape index (κ2) is 5.11. The molecule has 0 bridgehead atoms. The van der Waals surface area contributed by atoms with E-state index in [2.05, 4.69) is 5.32 Å². The lowest BCUT2D eigenvalue weighted by Gasteiger charge is -2.17. The molecule has 3 rings (SSSR count). The summed E-state index contributed by atoms with van der Waals surface area (Å²) in [6.07, 6.45) is 0. The van der Waals surface area contributed by atoms with Crippen molar-refractivity contribution in [2.45, 2.75) is 6.92 Å². The van der Waals surface area contributed by atoms with E-state index < -0.39 is 0 Å². The first-order valence-corrected chi connectivity index (χ1v) is 6.85. The highest BCUT2D eigenvalue weighted by Crippen LogP contribution is 2.31. The van der Waals surface area contributed by atoms with Crippen molar-refractivity contribution in [2.75, 3.05) is 11.9 Å². The van der Waals surface area contributed by atoms with Crippen LogP contribution >= 0.6 is 0 Å². The normalized spacial score (nSPS) is 13.3. The van der Waals surface area contributed by atoms with Crippen LogP contribution in [0.1, 0.15) is 36.6 Å². The highest BCUT2D eigenvalue weighted by atomic mass is 16.2. The number of rotatable bonds is 2. The van der Waals surface area contributed by atoms with E-state index in [0.717, 1.165) is 10.5 Å². The van der Waals surface area contributed by atoms with Crippen molar-refractivity contribution in [1.82, 2.24) is 5.32 Å². The molecule has 1 N–H and O–H groups in total. The van der Waals surface area contributed by atoms with Gasteiger partial charge in [0, 0.05) is 12.6 Å². The zero-order valence-electron chi connectivity index (χ0n) is 12.2. The molecule has 1 aliphatic rings.